The first-order valence-corrected chi connectivity index (χ1v) is 6.70. The standard InChI is InChI=1S/C13H25N2O/c1-3-5-7-9-13-10-12-14(15(13)16)11-8-6-4-2/h10H,3-9,11-12H2,1-2H3/q+1. The molecule has 0 aromatic heterocycles. The van der Waals surface area contributed by atoms with E-state index in [0.717, 1.165) is 42.9 Å². The Labute approximate surface area is 99.1 Å². The van der Waals surface area contributed by atoms with E-state index in [1.807, 2.05) is 5.01 Å². The predicted molar refractivity (Wildman–Crippen MR) is 67.0 cm³/mol. The Morgan fingerprint density at radius 2 is 1.88 bits per heavy atom. The van der Waals surface area contributed by atoms with E-state index in [-0.39, 0.29) is 0 Å². The van der Waals surface area contributed by atoms with Crippen molar-refractivity contribution >= 4 is 0 Å². The van der Waals surface area contributed by atoms with E-state index in [1.54, 1.807) is 0 Å². The number of allylic oxidation sites excluding steroid dienone is 1. The first-order valence-electron chi connectivity index (χ1n) is 6.70. The average Bonchev–Trinajstić information content (AvgIpc) is 2.62. The summed E-state index contributed by atoms with van der Waals surface area (Å²) in [6.07, 6.45) is 10.2. The Bertz CT molecular complexity index is 248. The summed E-state index contributed by atoms with van der Waals surface area (Å²) in [4.78, 5) is 13.0. The third kappa shape index (κ3) is 3.95. The van der Waals surface area contributed by atoms with Gasteiger partial charge in [0.15, 0.2) is 4.87 Å². The van der Waals surface area contributed by atoms with E-state index < -0.39 is 0 Å². The lowest BCUT2D eigenvalue weighted by atomic mass is 10.1. The second-order valence-corrected chi connectivity index (χ2v) is 4.55. The van der Waals surface area contributed by atoms with Gasteiger partial charge in [0, 0.05) is 12.5 Å². The van der Waals surface area contributed by atoms with Crippen molar-refractivity contribution in [3.05, 3.63) is 16.7 Å². The molecule has 0 aromatic carbocycles. The van der Waals surface area contributed by atoms with Crippen LogP contribution < -0.4 is 0 Å². The molecule has 0 atom stereocenters. The molecule has 0 amide bonds. The van der Waals surface area contributed by atoms with Crippen LogP contribution in [-0.4, -0.2) is 23.0 Å². The van der Waals surface area contributed by atoms with Crippen molar-refractivity contribution in [2.24, 2.45) is 0 Å². The minimum atomic E-state index is 0.814. The smallest absolute Gasteiger partial charge is 0.131 e. The van der Waals surface area contributed by atoms with Crippen LogP contribution in [0.2, 0.25) is 0 Å². The highest BCUT2D eigenvalue weighted by Gasteiger charge is 2.31. The molecule has 1 aliphatic heterocycles. The van der Waals surface area contributed by atoms with Gasteiger partial charge in [-0.3, -0.25) is 0 Å². The highest BCUT2D eigenvalue weighted by Crippen LogP contribution is 2.17. The Morgan fingerprint density at radius 3 is 2.56 bits per heavy atom. The quantitative estimate of drug-likeness (QED) is 0.465. The van der Waals surface area contributed by atoms with Gasteiger partial charge in [0.1, 0.15) is 6.54 Å². The van der Waals surface area contributed by atoms with Crippen LogP contribution in [0.3, 0.4) is 0 Å². The van der Waals surface area contributed by atoms with E-state index >= 15 is 0 Å². The molecular formula is C13H25N2O+. The molecule has 3 heteroatoms. The number of rotatable bonds is 8. The van der Waals surface area contributed by atoms with Gasteiger partial charge in [-0.1, -0.05) is 39.5 Å². The Balaban J connectivity index is 2.23. The van der Waals surface area contributed by atoms with Crippen molar-refractivity contribution in [1.82, 2.24) is 5.01 Å². The lowest BCUT2D eigenvalue weighted by Gasteiger charge is -2.07. The largest absolute Gasteiger partial charge is 0.266 e. The molecule has 0 unspecified atom stereocenters. The molecule has 0 saturated carbocycles. The van der Waals surface area contributed by atoms with Gasteiger partial charge in [-0.15, -0.1) is 5.01 Å². The summed E-state index contributed by atoms with van der Waals surface area (Å²) in [6.45, 7) is 6.10. The van der Waals surface area contributed by atoms with E-state index in [0.29, 0.717) is 0 Å². The minimum absolute atomic E-state index is 0.814. The fourth-order valence-corrected chi connectivity index (χ4v) is 2.02. The van der Waals surface area contributed by atoms with Gasteiger partial charge >= 0.3 is 0 Å². The van der Waals surface area contributed by atoms with Crippen molar-refractivity contribution in [3.63, 3.8) is 0 Å². The molecule has 0 aromatic rings. The van der Waals surface area contributed by atoms with Gasteiger partial charge in [0.25, 0.3) is 5.70 Å². The Morgan fingerprint density at radius 1 is 1.19 bits per heavy atom. The molecule has 3 nitrogen and oxygen atoms in total. The molecule has 0 spiro atoms. The molecule has 92 valence electrons. The van der Waals surface area contributed by atoms with Gasteiger partial charge in [-0.2, -0.15) is 0 Å². The number of nitrogens with zero attached hydrogens (tertiary/aromatic N) is 2. The number of unbranched alkanes of at least 4 members (excludes halogenated alkanes) is 4. The minimum Gasteiger partial charge on any atom is -0.131 e. The maximum Gasteiger partial charge on any atom is 0.266 e. The zero-order valence-corrected chi connectivity index (χ0v) is 10.7. The van der Waals surface area contributed by atoms with Crippen LogP contribution in [0.15, 0.2) is 11.8 Å². The van der Waals surface area contributed by atoms with Crippen molar-refractivity contribution in [2.45, 2.75) is 58.8 Å². The van der Waals surface area contributed by atoms with Crippen molar-refractivity contribution in [1.29, 1.82) is 0 Å². The third-order valence-corrected chi connectivity index (χ3v) is 3.10. The maximum absolute atomic E-state index is 11.9. The van der Waals surface area contributed by atoms with Gasteiger partial charge < -0.3 is 0 Å². The number of hydrogen-bond donors (Lipinski definition) is 0. The third-order valence-electron chi connectivity index (χ3n) is 3.10. The number of nitroso groups, excluding NO2 is 1. The van der Waals surface area contributed by atoms with Gasteiger partial charge in [-0.05, 0) is 12.8 Å². The lowest BCUT2D eigenvalue weighted by Crippen LogP contribution is -2.29. The molecule has 0 radical (unpaired) electrons. The number of hydrogen-bond acceptors (Lipinski definition) is 1. The first-order chi connectivity index (χ1) is 7.79. The molecule has 0 N–H and O–H groups in total. The second kappa shape index (κ2) is 7.42. The average molecular weight is 225 g/mol. The van der Waals surface area contributed by atoms with E-state index in [9.17, 15) is 4.91 Å². The van der Waals surface area contributed by atoms with Gasteiger partial charge in [0.05, 0.1) is 11.5 Å². The number of hydrazine groups is 1. The van der Waals surface area contributed by atoms with Gasteiger partial charge in [0.2, 0.25) is 0 Å². The molecule has 0 fully saturated rings. The Kier molecular flexibility index (Phi) is 6.12. The molecule has 1 aliphatic rings. The van der Waals surface area contributed by atoms with Crippen LogP contribution in [0.5, 0.6) is 0 Å². The molecule has 0 saturated heterocycles. The van der Waals surface area contributed by atoms with Crippen molar-refractivity contribution in [3.8, 4) is 0 Å². The first kappa shape index (κ1) is 13.2. The monoisotopic (exact) mass is 225 g/mol. The summed E-state index contributed by atoms with van der Waals surface area (Å²) in [5.74, 6) is 0. The highest BCUT2D eigenvalue weighted by atomic mass is 16.3. The summed E-state index contributed by atoms with van der Waals surface area (Å²) >= 11 is 0. The molecule has 0 aliphatic carbocycles. The highest BCUT2D eigenvalue weighted by molar-refractivity contribution is 4.96. The van der Waals surface area contributed by atoms with Gasteiger partial charge in [-0.25, -0.2) is 0 Å². The topological polar surface area (TPSA) is 23.3 Å². The zero-order valence-electron chi connectivity index (χ0n) is 10.7. The van der Waals surface area contributed by atoms with E-state index in [4.69, 9.17) is 0 Å². The van der Waals surface area contributed by atoms with Crippen LogP contribution in [0.1, 0.15) is 58.8 Å². The summed E-state index contributed by atoms with van der Waals surface area (Å²) in [5.41, 5.74) is 0.977. The second-order valence-electron chi connectivity index (χ2n) is 4.55. The molecule has 16 heavy (non-hydrogen) atoms. The Hall–Kier alpha value is -0.860. The van der Waals surface area contributed by atoms with Crippen LogP contribution >= 0.6 is 0 Å². The molecular weight excluding hydrogens is 200 g/mol. The van der Waals surface area contributed by atoms with Crippen LogP contribution in [0.25, 0.3) is 0 Å². The van der Waals surface area contributed by atoms with Crippen LogP contribution in [0, 0.1) is 4.91 Å². The molecule has 1 heterocycles. The molecule has 0 bridgehead atoms. The van der Waals surface area contributed by atoms with Crippen LogP contribution in [0.4, 0.5) is 0 Å². The van der Waals surface area contributed by atoms with Crippen LogP contribution in [-0.2, 0) is 0 Å². The normalized spacial score (nSPS) is 15.8. The summed E-state index contributed by atoms with van der Waals surface area (Å²) in [7, 11) is 0. The van der Waals surface area contributed by atoms with E-state index in [2.05, 4.69) is 19.9 Å². The van der Waals surface area contributed by atoms with E-state index in [1.165, 1.54) is 25.7 Å². The SMILES string of the molecule is CCCCCC1=CCN(CCCCC)[N+]1=O. The maximum atomic E-state index is 11.9. The zero-order chi connectivity index (χ0) is 11.8. The van der Waals surface area contributed by atoms with Crippen molar-refractivity contribution < 1.29 is 4.87 Å². The fourth-order valence-electron chi connectivity index (χ4n) is 2.02. The summed E-state index contributed by atoms with van der Waals surface area (Å²) in [5, 5.41) is 1.91. The predicted octanol–water partition coefficient (Wildman–Crippen LogP) is 3.65. The van der Waals surface area contributed by atoms with Crippen molar-refractivity contribution in [2.75, 3.05) is 13.1 Å². The summed E-state index contributed by atoms with van der Waals surface area (Å²) in [6, 6.07) is 0. The lowest BCUT2D eigenvalue weighted by molar-refractivity contribution is -0.658. The molecule has 1 rings (SSSR count). The summed E-state index contributed by atoms with van der Waals surface area (Å²) < 4.78 is 0. The fraction of sp³-hybridized carbons (Fsp3) is 0.846.